The Hall–Kier alpha value is -4.00. The van der Waals surface area contributed by atoms with Crippen LogP contribution in [0, 0.1) is 18.8 Å². The van der Waals surface area contributed by atoms with E-state index in [0.717, 1.165) is 30.1 Å². The van der Waals surface area contributed by atoms with Crippen LogP contribution >= 0.6 is 0 Å². The lowest BCUT2D eigenvalue weighted by Gasteiger charge is -2.31. The molecule has 0 aromatic heterocycles. The number of anilines is 3. The molecule has 0 aliphatic carbocycles. The molecule has 3 N–H and O–H groups in total. The minimum atomic E-state index is -0.980. The van der Waals surface area contributed by atoms with Crippen molar-refractivity contribution < 1.29 is 19.4 Å². The summed E-state index contributed by atoms with van der Waals surface area (Å²) in [6.07, 6.45) is 0. The summed E-state index contributed by atoms with van der Waals surface area (Å²) in [6, 6.07) is 18.0. The first kappa shape index (κ1) is 28.6. The summed E-state index contributed by atoms with van der Waals surface area (Å²) < 4.78 is 5.48. The predicted molar refractivity (Wildman–Crippen MR) is 156 cm³/mol. The van der Waals surface area contributed by atoms with Crippen LogP contribution in [-0.4, -0.2) is 36.8 Å². The third kappa shape index (κ3) is 7.51. The average molecular weight is 518 g/mol. The molecule has 0 heterocycles. The van der Waals surface area contributed by atoms with Crippen molar-refractivity contribution in [1.82, 2.24) is 0 Å². The highest BCUT2D eigenvalue weighted by molar-refractivity contribution is 6.03. The summed E-state index contributed by atoms with van der Waals surface area (Å²) in [7, 11) is 0. The monoisotopic (exact) mass is 517 g/mol. The van der Waals surface area contributed by atoms with Crippen LogP contribution in [0.4, 0.5) is 21.9 Å². The van der Waals surface area contributed by atoms with Gasteiger partial charge in [-0.25, -0.2) is 9.59 Å². The van der Waals surface area contributed by atoms with Gasteiger partial charge in [0.15, 0.2) is 0 Å². The van der Waals surface area contributed by atoms with Crippen LogP contribution in [0.1, 0.15) is 50.5 Å². The van der Waals surface area contributed by atoms with E-state index in [1.54, 1.807) is 31.2 Å². The maximum absolute atomic E-state index is 13.1. The van der Waals surface area contributed by atoms with Crippen molar-refractivity contribution in [3.63, 3.8) is 0 Å². The van der Waals surface area contributed by atoms with Gasteiger partial charge in [-0.05, 0) is 78.8 Å². The van der Waals surface area contributed by atoms with Gasteiger partial charge in [0.2, 0.25) is 0 Å². The van der Waals surface area contributed by atoms with E-state index in [2.05, 4.69) is 43.2 Å². The Bertz CT molecular complexity index is 1240. The topological polar surface area (TPSA) is 90.9 Å². The summed E-state index contributed by atoms with van der Waals surface area (Å²) in [5.41, 5.74) is 4.41. The molecule has 7 heteroatoms. The van der Waals surface area contributed by atoms with Crippen molar-refractivity contribution in [1.29, 1.82) is 0 Å². The second-order valence-electron chi connectivity index (χ2n) is 10.3. The van der Waals surface area contributed by atoms with Crippen molar-refractivity contribution in [2.24, 2.45) is 11.8 Å². The highest BCUT2D eigenvalue weighted by Gasteiger charge is 2.20. The minimum Gasteiger partial charge on any atom is -0.494 e. The standard InChI is InChI=1S/C31H39N3O4/c1-7-38-25-14-12-24(13-15-25)32-31(37)33-27-17-23(26-10-8-9-22(6)29(26)30(35)36)11-16-28(27)34(18-20(2)3)19-21(4)5/h8-17,20-21H,7,18-19H2,1-6H3,(H,35,36)(H2,32,33,37). The maximum Gasteiger partial charge on any atom is 0.336 e. The van der Waals surface area contributed by atoms with Gasteiger partial charge in [0.25, 0.3) is 0 Å². The lowest BCUT2D eigenvalue weighted by atomic mass is 9.95. The van der Waals surface area contributed by atoms with Crippen LogP contribution in [0.2, 0.25) is 0 Å². The smallest absolute Gasteiger partial charge is 0.336 e. The first-order valence-corrected chi connectivity index (χ1v) is 13.1. The molecule has 0 radical (unpaired) electrons. The van der Waals surface area contributed by atoms with E-state index in [1.165, 1.54) is 0 Å². The molecule has 0 atom stereocenters. The lowest BCUT2D eigenvalue weighted by Crippen LogP contribution is -2.32. The number of aryl methyl sites for hydroxylation is 1. The van der Waals surface area contributed by atoms with E-state index in [4.69, 9.17) is 4.74 Å². The molecule has 0 fully saturated rings. The zero-order chi connectivity index (χ0) is 27.8. The SMILES string of the molecule is CCOc1ccc(NC(=O)Nc2cc(-c3cccc(C)c3C(=O)O)ccc2N(CC(C)C)CC(C)C)cc1. The van der Waals surface area contributed by atoms with Gasteiger partial charge in [0.1, 0.15) is 5.75 Å². The van der Waals surface area contributed by atoms with Crippen LogP contribution in [0.25, 0.3) is 11.1 Å². The molecule has 2 amide bonds. The highest BCUT2D eigenvalue weighted by atomic mass is 16.5. The number of carboxylic acid groups (broad SMARTS) is 1. The number of hydrogen-bond donors (Lipinski definition) is 3. The quantitative estimate of drug-likeness (QED) is 0.245. The van der Waals surface area contributed by atoms with Gasteiger partial charge in [-0.2, -0.15) is 0 Å². The lowest BCUT2D eigenvalue weighted by molar-refractivity contribution is 0.0697. The third-order valence-corrected chi connectivity index (χ3v) is 5.98. The van der Waals surface area contributed by atoms with Crippen LogP contribution in [0.3, 0.4) is 0 Å². The van der Waals surface area contributed by atoms with Crippen molar-refractivity contribution in [3.05, 3.63) is 71.8 Å². The van der Waals surface area contributed by atoms with E-state index < -0.39 is 5.97 Å². The molecule has 0 bridgehead atoms. The molecule has 0 aliphatic rings. The number of hydrogen-bond acceptors (Lipinski definition) is 4. The van der Waals surface area contributed by atoms with Crippen LogP contribution in [0.15, 0.2) is 60.7 Å². The zero-order valence-corrected chi connectivity index (χ0v) is 23.2. The van der Waals surface area contributed by atoms with E-state index in [-0.39, 0.29) is 11.6 Å². The molecule has 0 spiro atoms. The first-order chi connectivity index (χ1) is 18.1. The Morgan fingerprint density at radius 1 is 0.921 bits per heavy atom. The van der Waals surface area contributed by atoms with Crippen molar-refractivity contribution in [3.8, 4) is 16.9 Å². The number of amides is 2. The Kier molecular flexibility index (Phi) is 9.77. The molecule has 3 aromatic rings. The number of aromatic carboxylic acids is 1. The molecule has 7 nitrogen and oxygen atoms in total. The number of nitrogens with zero attached hydrogens (tertiary/aromatic N) is 1. The largest absolute Gasteiger partial charge is 0.494 e. The number of benzene rings is 3. The van der Waals surface area contributed by atoms with Crippen LogP contribution in [0.5, 0.6) is 5.75 Å². The van der Waals surface area contributed by atoms with Crippen molar-refractivity contribution in [2.45, 2.75) is 41.5 Å². The minimum absolute atomic E-state index is 0.256. The van der Waals surface area contributed by atoms with E-state index in [0.29, 0.717) is 40.9 Å². The Morgan fingerprint density at radius 2 is 1.58 bits per heavy atom. The number of carbonyl (C=O) groups is 2. The summed E-state index contributed by atoms with van der Waals surface area (Å²) in [4.78, 5) is 27.5. The predicted octanol–water partition coefficient (Wildman–Crippen LogP) is 7.52. The van der Waals surface area contributed by atoms with Crippen molar-refractivity contribution in [2.75, 3.05) is 35.2 Å². The summed E-state index contributed by atoms with van der Waals surface area (Å²) in [5, 5.41) is 15.8. The van der Waals surface area contributed by atoms with Gasteiger partial charge in [-0.3, -0.25) is 0 Å². The van der Waals surface area contributed by atoms with E-state index >= 15 is 0 Å². The molecule has 0 saturated heterocycles. The number of carbonyl (C=O) groups excluding carboxylic acids is 1. The summed E-state index contributed by atoms with van der Waals surface area (Å²) >= 11 is 0. The number of urea groups is 1. The molecule has 0 saturated carbocycles. The van der Waals surface area contributed by atoms with Gasteiger partial charge in [0.05, 0.1) is 23.5 Å². The van der Waals surface area contributed by atoms with Crippen LogP contribution in [-0.2, 0) is 0 Å². The second kappa shape index (κ2) is 13.0. The summed E-state index contributed by atoms with van der Waals surface area (Å²) in [5.74, 6) is 0.578. The normalized spacial score (nSPS) is 10.9. The number of rotatable bonds is 11. The second-order valence-corrected chi connectivity index (χ2v) is 10.3. The molecule has 202 valence electrons. The highest BCUT2D eigenvalue weighted by Crippen LogP contribution is 2.35. The van der Waals surface area contributed by atoms with Crippen molar-refractivity contribution >= 4 is 29.1 Å². The molecule has 0 unspecified atom stereocenters. The molecular weight excluding hydrogens is 478 g/mol. The fourth-order valence-corrected chi connectivity index (χ4v) is 4.51. The first-order valence-electron chi connectivity index (χ1n) is 13.1. The van der Waals surface area contributed by atoms with Gasteiger partial charge >= 0.3 is 12.0 Å². The fourth-order valence-electron chi connectivity index (χ4n) is 4.51. The fraction of sp³-hybridized carbons (Fsp3) is 0.355. The van der Waals surface area contributed by atoms with Gasteiger partial charge in [-0.1, -0.05) is 52.0 Å². The molecule has 38 heavy (non-hydrogen) atoms. The molecule has 0 aliphatic heterocycles. The van der Waals surface area contributed by atoms with Crippen LogP contribution < -0.4 is 20.3 Å². The molecule has 3 aromatic carbocycles. The number of ether oxygens (including phenoxy) is 1. The zero-order valence-electron chi connectivity index (χ0n) is 23.2. The maximum atomic E-state index is 13.1. The van der Waals surface area contributed by atoms with E-state index in [1.807, 2.05) is 43.3 Å². The van der Waals surface area contributed by atoms with Gasteiger partial charge in [-0.15, -0.1) is 0 Å². The Labute approximate surface area is 225 Å². The number of carboxylic acids is 1. The average Bonchev–Trinajstić information content (AvgIpc) is 2.84. The molecule has 3 rings (SSSR count). The third-order valence-electron chi connectivity index (χ3n) is 5.98. The molecular formula is C31H39N3O4. The summed E-state index contributed by atoms with van der Waals surface area (Å²) in [6.45, 7) is 14.6. The Morgan fingerprint density at radius 3 is 2.16 bits per heavy atom. The van der Waals surface area contributed by atoms with Gasteiger partial charge < -0.3 is 25.4 Å². The van der Waals surface area contributed by atoms with Gasteiger partial charge in [0, 0.05) is 18.8 Å². The number of nitrogens with one attached hydrogen (secondary N) is 2. The Balaban J connectivity index is 2.02. The van der Waals surface area contributed by atoms with E-state index in [9.17, 15) is 14.7 Å².